The summed E-state index contributed by atoms with van der Waals surface area (Å²) in [4.78, 5) is 0. The molecule has 96 valence electrons. The lowest BCUT2D eigenvalue weighted by molar-refractivity contribution is 0.547. The largest absolute Gasteiger partial charge is 0.314 e. The van der Waals surface area contributed by atoms with Crippen LogP contribution in [0.2, 0.25) is 5.02 Å². The van der Waals surface area contributed by atoms with Crippen LogP contribution in [0.15, 0.2) is 22.7 Å². The lowest BCUT2D eigenvalue weighted by Gasteiger charge is -2.09. The standard InChI is InChI=1S/C13H20BrClN2/c1-10(2)17-7-3-6-16-9-11-4-5-12(15)8-13(11)14/h4-5,8,10,16-17H,3,6-7,9H2,1-2H3. The molecule has 0 aliphatic heterocycles. The van der Waals surface area contributed by atoms with Crippen LogP contribution in [-0.2, 0) is 6.54 Å². The summed E-state index contributed by atoms with van der Waals surface area (Å²) in [5, 5.41) is 7.58. The summed E-state index contributed by atoms with van der Waals surface area (Å²) in [6, 6.07) is 6.47. The number of benzene rings is 1. The van der Waals surface area contributed by atoms with Crippen LogP contribution < -0.4 is 10.6 Å². The highest BCUT2D eigenvalue weighted by atomic mass is 79.9. The normalized spacial score (nSPS) is 11.1. The lowest BCUT2D eigenvalue weighted by atomic mass is 10.2. The lowest BCUT2D eigenvalue weighted by Crippen LogP contribution is -2.26. The van der Waals surface area contributed by atoms with Gasteiger partial charge >= 0.3 is 0 Å². The molecule has 17 heavy (non-hydrogen) atoms. The van der Waals surface area contributed by atoms with Gasteiger partial charge < -0.3 is 10.6 Å². The van der Waals surface area contributed by atoms with Gasteiger partial charge in [0.1, 0.15) is 0 Å². The van der Waals surface area contributed by atoms with Gasteiger partial charge in [0.15, 0.2) is 0 Å². The first kappa shape index (κ1) is 15.0. The van der Waals surface area contributed by atoms with E-state index in [9.17, 15) is 0 Å². The minimum atomic E-state index is 0.570. The zero-order valence-electron chi connectivity index (χ0n) is 10.4. The molecule has 0 aliphatic rings. The third-order valence-electron chi connectivity index (χ3n) is 2.41. The zero-order chi connectivity index (χ0) is 12.7. The predicted molar refractivity (Wildman–Crippen MR) is 78.6 cm³/mol. The van der Waals surface area contributed by atoms with Gasteiger partial charge in [0.2, 0.25) is 0 Å². The maximum Gasteiger partial charge on any atom is 0.0417 e. The van der Waals surface area contributed by atoms with Crippen LogP contribution in [0.3, 0.4) is 0 Å². The Morgan fingerprint density at radius 1 is 1.29 bits per heavy atom. The molecule has 0 saturated heterocycles. The quantitative estimate of drug-likeness (QED) is 0.751. The van der Waals surface area contributed by atoms with Crippen molar-refractivity contribution in [1.82, 2.24) is 10.6 Å². The molecule has 0 radical (unpaired) electrons. The van der Waals surface area contributed by atoms with E-state index in [2.05, 4.69) is 40.4 Å². The molecule has 1 aromatic rings. The van der Waals surface area contributed by atoms with Gasteiger partial charge in [-0.2, -0.15) is 0 Å². The Labute approximate surface area is 117 Å². The van der Waals surface area contributed by atoms with Gasteiger partial charge in [-0.1, -0.05) is 47.4 Å². The van der Waals surface area contributed by atoms with E-state index >= 15 is 0 Å². The second-order valence-electron chi connectivity index (χ2n) is 4.37. The zero-order valence-corrected chi connectivity index (χ0v) is 12.7. The third kappa shape index (κ3) is 6.41. The monoisotopic (exact) mass is 318 g/mol. The second-order valence-corrected chi connectivity index (χ2v) is 5.67. The number of hydrogen-bond donors (Lipinski definition) is 2. The molecule has 4 heteroatoms. The van der Waals surface area contributed by atoms with Crippen molar-refractivity contribution in [2.24, 2.45) is 0 Å². The average Bonchev–Trinajstić information content (AvgIpc) is 2.25. The Morgan fingerprint density at radius 3 is 2.71 bits per heavy atom. The molecule has 2 nitrogen and oxygen atoms in total. The number of rotatable bonds is 7. The van der Waals surface area contributed by atoms with Gasteiger partial charge in [-0.3, -0.25) is 0 Å². The molecule has 0 unspecified atom stereocenters. The highest BCUT2D eigenvalue weighted by Crippen LogP contribution is 2.21. The van der Waals surface area contributed by atoms with Gasteiger partial charge in [-0.25, -0.2) is 0 Å². The molecule has 1 aromatic carbocycles. The van der Waals surface area contributed by atoms with E-state index in [0.717, 1.165) is 35.6 Å². The Kier molecular flexibility index (Phi) is 7.12. The highest BCUT2D eigenvalue weighted by molar-refractivity contribution is 9.10. The van der Waals surface area contributed by atoms with Gasteiger partial charge in [-0.05, 0) is 37.2 Å². The molecule has 2 N–H and O–H groups in total. The second kappa shape index (κ2) is 8.09. The summed E-state index contributed by atoms with van der Waals surface area (Å²) in [6.45, 7) is 7.29. The van der Waals surface area contributed by atoms with Crippen molar-refractivity contribution in [1.29, 1.82) is 0 Å². The highest BCUT2D eigenvalue weighted by Gasteiger charge is 2.00. The SMILES string of the molecule is CC(C)NCCCNCc1ccc(Cl)cc1Br. The molecule has 0 atom stereocenters. The molecule has 0 aliphatic carbocycles. The van der Waals surface area contributed by atoms with E-state index in [4.69, 9.17) is 11.6 Å². The van der Waals surface area contributed by atoms with Crippen LogP contribution in [0.4, 0.5) is 0 Å². The van der Waals surface area contributed by atoms with Crippen LogP contribution >= 0.6 is 27.5 Å². The number of halogens is 2. The molecular weight excluding hydrogens is 300 g/mol. The maximum absolute atomic E-state index is 5.89. The summed E-state index contributed by atoms with van der Waals surface area (Å²) >= 11 is 9.40. The van der Waals surface area contributed by atoms with Crippen molar-refractivity contribution in [3.8, 4) is 0 Å². The summed E-state index contributed by atoms with van der Waals surface area (Å²) in [5.41, 5.74) is 1.24. The summed E-state index contributed by atoms with van der Waals surface area (Å²) in [7, 11) is 0. The molecule has 0 bridgehead atoms. The Morgan fingerprint density at radius 2 is 2.06 bits per heavy atom. The van der Waals surface area contributed by atoms with Crippen LogP contribution in [-0.4, -0.2) is 19.1 Å². The molecule has 0 amide bonds. The number of hydrogen-bond acceptors (Lipinski definition) is 2. The van der Waals surface area contributed by atoms with Gasteiger partial charge in [-0.15, -0.1) is 0 Å². The van der Waals surface area contributed by atoms with Crippen molar-refractivity contribution in [3.05, 3.63) is 33.3 Å². The van der Waals surface area contributed by atoms with E-state index in [1.54, 1.807) is 0 Å². The summed E-state index contributed by atoms with van der Waals surface area (Å²) < 4.78 is 1.07. The smallest absolute Gasteiger partial charge is 0.0417 e. The van der Waals surface area contributed by atoms with E-state index in [0.29, 0.717) is 6.04 Å². The first-order valence-corrected chi connectivity index (χ1v) is 7.14. The molecule has 1 rings (SSSR count). The van der Waals surface area contributed by atoms with Crippen LogP contribution in [0.1, 0.15) is 25.8 Å². The van der Waals surface area contributed by atoms with Crippen molar-refractivity contribution in [2.75, 3.05) is 13.1 Å². The Bertz CT molecular complexity index is 342. The first-order chi connectivity index (χ1) is 8.09. The van der Waals surface area contributed by atoms with Gasteiger partial charge in [0, 0.05) is 22.1 Å². The van der Waals surface area contributed by atoms with Gasteiger partial charge in [0.25, 0.3) is 0 Å². The fraction of sp³-hybridized carbons (Fsp3) is 0.538. The molecule has 0 heterocycles. The number of nitrogens with one attached hydrogen (secondary N) is 2. The molecular formula is C13H20BrClN2. The van der Waals surface area contributed by atoms with Crippen molar-refractivity contribution in [2.45, 2.75) is 32.9 Å². The molecule has 0 aromatic heterocycles. The van der Waals surface area contributed by atoms with E-state index in [1.165, 1.54) is 5.56 Å². The summed E-state index contributed by atoms with van der Waals surface area (Å²) in [6.07, 6.45) is 1.14. The minimum Gasteiger partial charge on any atom is -0.314 e. The van der Waals surface area contributed by atoms with Crippen LogP contribution in [0.25, 0.3) is 0 Å². The third-order valence-corrected chi connectivity index (χ3v) is 3.39. The first-order valence-electron chi connectivity index (χ1n) is 5.97. The predicted octanol–water partition coefficient (Wildman–Crippen LogP) is 3.58. The Hall–Kier alpha value is -0.0900. The average molecular weight is 320 g/mol. The van der Waals surface area contributed by atoms with E-state index < -0.39 is 0 Å². The van der Waals surface area contributed by atoms with E-state index in [1.807, 2.05) is 18.2 Å². The minimum absolute atomic E-state index is 0.570. The molecule has 0 fully saturated rings. The van der Waals surface area contributed by atoms with Crippen molar-refractivity contribution < 1.29 is 0 Å². The van der Waals surface area contributed by atoms with Crippen LogP contribution in [0, 0.1) is 0 Å². The van der Waals surface area contributed by atoms with Crippen LogP contribution in [0.5, 0.6) is 0 Å². The maximum atomic E-state index is 5.89. The summed E-state index contributed by atoms with van der Waals surface area (Å²) in [5.74, 6) is 0. The Balaban J connectivity index is 2.18. The fourth-order valence-corrected chi connectivity index (χ4v) is 2.32. The van der Waals surface area contributed by atoms with Crippen molar-refractivity contribution >= 4 is 27.5 Å². The topological polar surface area (TPSA) is 24.1 Å². The van der Waals surface area contributed by atoms with Crippen molar-refractivity contribution in [3.63, 3.8) is 0 Å². The molecule has 0 saturated carbocycles. The van der Waals surface area contributed by atoms with Gasteiger partial charge in [0.05, 0.1) is 0 Å². The van der Waals surface area contributed by atoms with E-state index in [-0.39, 0.29) is 0 Å². The molecule has 0 spiro atoms. The fourth-order valence-electron chi connectivity index (χ4n) is 1.49.